The third-order valence-corrected chi connectivity index (χ3v) is 5.90. The largest absolute Gasteiger partial charge is 0.497 e. The van der Waals surface area contributed by atoms with Crippen LogP contribution in [0.5, 0.6) is 23.0 Å². The first-order valence-electron chi connectivity index (χ1n) is 10.9. The molecule has 1 fully saturated rings. The van der Waals surface area contributed by atoms with Crippen LogP contribution in [0.2, 0.25) is 0 Å². The lowest BCUT2D eigenvalue weighted by molar-refractivity contribution is 0.0691. The molecule has 33 heavy (non-hydrogen) atoms. The molecule has 2 heterocycles. The van der Waals surface area contributed by atoms with Crippen LogP contribution in [0.1, 0.15) is 15.9 Å². The molecule has 7 nitrogen and oxygen atoms in total. The Morgan fingerprint density at radius 2 is 1.48 bits per heavy atom. The Bertz CT molecular complexity index is 1190. The SMILES string of the molecule is COc1cc(OC)cc(C(=O)N2CCN(C3=Nc4ccccc4Oc4ccccc43)CC2)c1. The number of methoxy groups -OCH3 is 2. The summed E-state index contributed by atoms with van der Waals surface area (Å²) in [5.74, 6) is 3.54. The van der Waals surface area contributed by atoms with Crippen LogP contribution >= 0.6 is 0 Å². The van der Waals surface area contributed by atoms with Crippen LogP contribution in [0.4, 0.5) is 5.69 Å². The Morgan fingerprint density at radius 3 is 2.18 bits per heavy atom. The zero-order chi connectivity index (χ0) is 22.8. The molecule has 5 rings (SSSR count). The van der Waals surface area contributed by atoms with Crippen LogP contribution in [0.25, 0.3) is 0 Å². The Balaban J connectivity index is 1.38. The summed E-state index contributed by atoms with van der Waals surface area (Å²) in [6.07, 6.45) is 0. The van der Waals surface area contributed by atoms with Gasteiger partial charge < -0.3 is 24.0 Å². The number of ether oxygens (including phenoxy) is 3. The number of amides is 1. The average Bonchev–Trinajstić information content (AvgIpc) is 3.05. The monoisotopic (exact) mass is 443 g/mol. The van der Waals surface area contributed by atoms with E-state index in [1.165, 1.54) is 0 Å². The standard InChI is InChI=1S/C26H25N3O4/c1-31-19-15-18(16-20(17-19)32-2)26(30)29-13-11-28(12-14-29)25-21-7-3-5-9-23(21)33-24-10-6-4-8-22(24)27-25/h3-10,15-17H,11-14H2,1-2H3. The number of carbonyl (C=O) groups excluding carboxylic acids is 1. The molecular formula is C26H25N3O4. The van der Waals surface area contributed by atoms with Gasteiger partial charge in [0.05, 0.1) is 19.8 Å². The van der Waals surface area contributed by atoms with Gasteiger partial charge in [-0.2, -0.15) is 0 Å². The number of para-hydroxylation sites is 3. The highest BCUT2D eigenvalue weighted by molar-refractivity contribution is 6.04. The highest BCUT2D eigenvalue weighted by Crippen LogP contribution is 2.38. The van der Waals surface area contributed by atoms with E-state index in [1.54, 1.807) is 32.4 Å². The van der Waals surface area contributed by atoms with Crippen molar-refractivity contribution in [2.24, 2.45) is 4.99 Å². The highest BCUT2D eigenvalue weighted by Gasteiger charge is 2.28. The van der Waals surface area contributed by atoms with E-state index in [4.69, 9.17) is 19.2 Å². The maximum atomic E-state index is 13.2. The number of benzene rings is 3. The minimum absolute atomic E-state index is 0.0382. The van der Waals surface area contributed by atoms with E-state index in [9.17, 15) is 4.79 Å². The van der Waals surface area contributed by atoms with Crippen molar-refractivity contribution < 1.29 is 19.0 Å². The second-order valence-electron chi connectivity index (χ2n) is 7.88. The Hall–Kier alpha value is -4.00. The van der Waals surface area contributed by atoms with Gasteiger partial charge in [0.2, 0.25) is 0 Å². The van der Waals surface area contributed by atoms with E-state index in [2.05, 4.69) is 4.90 Å². The van der Waals surface area contributed by atoms with E-state index in [1.807, 2.05) is 53.4 Å². The summed E-state index contributed by atoms with van der Waals surface area (Å²) in [4.78, 5) is 22.2. The summed E-state index contributed by atoms with van der Waals surface area (Å²) < 4.78 is 16.8. The van der Waals surface area contributed by atoms with E-state index >= 15 is 0 Å². The van der Waals surface area contributed by atoms with Crippen LogP contribution in [0.3, 0.4) is 0 Å². The molecule has 168 valence electrons. The fourth-order valence-corrected chi connectivity index (χ4v) is 4.14. The predicted octanol–water partition coefficient (Wildman–Crippen LogP) is 4.35. The number of carbonyl (C=O) groups is 1. The van der Waals surface area contributed by atoms with Gasteiger partial charge in [0.25, 0.3) is 5.91 Å². The van der Waals surface area contributed by atoms with Crippen molar-refractivity contribution in [3.8, 4) is 23.0 Å². The van der Waals surface area contributed by atoms with Crippen molar-refractivity contribution in [2.45, 2.75) is 0 Å². The number of piperazine rings is 1. The molecule has 3 aromatic carbocycles. The molecule has 0 aromatic heterocycles. The molecule has 3 aromatic rings. The average molecular weight is 444 g/mol. The fourth-order valence-electron chi connectivity index (χ4n) is 4.14. The van der Waals surface area contributed by atoms with E-state index in [0.717, 1.165) is 28.6 Å². The molecule has 2 aliphatic rings. The van der Waals surface area contributed by atoms with Gasteiger partial charge in [0.1, 0.15) is 28.8 Å². The molecule has 0 N–H and O–H groups in total. The maximum Gasteiger partial charge on any atom is 0.254 e. The van der Waals surface area contributed by atoms with Crippen molar-refractivity contribution in [1.29, 1.82) is 0 Å². The van der Waals surface area contributed by atoms with Gasteiger partial charge in [-0.25, -0.2) is 4.99 Å². The van der Waals surface area contributed by atoms with Gasteiger partial charge in [0, 0.05) is 37.8 Å². The maximum absolute atomic E-state index is 13.2. The fraction of sp³-hybridized carbons (Fsp3) is 0.231. The molecule has 7 heteroatoms. The minimum atomic E-state index is -0.0382. The Kier molecular flexibility index (Phi) is 5.60. The molecule has 1 amide bonds. The van der Waals surface area contributed by atoms with Crippen LogP contribution in [0.15, 0.2) is 71.7 Å². The number of rotatable bonds is 3. The van der Waals surface area contributed by atoms with Gasteiger partial charge in [0.15, 0.2) is 5.75 Å². The lowest BCUT2D eigenvalue weighted by atomic mass is 10.1. The molecule has 1 saturated heterocycles. The van der Waals surface area contributed by atoms with Gasteiger partial charge in [-0.15, -0.1) is 0 Å². The van der Waals surface area contributed by atoms with Crippen molar-refractivity contribution in [3.63, 3.8) is 0 Å². The molecule has 0 unspecified atom stereocenters. The lowest BCUT2D eigenvalue weighted by Crippen LogP contribution is -2.50. The normalized spacial score (nSPS) is 14.9. The van der Waals surface area contributed by atoms with Crippen LogP contribution < -0.4 is 14.2 Å². The quantitative estimate of drug-likeness (QED) is 0.602. The summed E-state index contributed by atoms with van der Waals surface area (Å²) in [5, 5.41) is 0. The topological polar surface area (TPSA) is 63.6 Å². The number of aliphatic imine (C=N–C) groups is 1. The molecule has 0 radical (unpaired) electrons. The molecule has 0 bridgehead atoms. The van der Waals surface area contributed by atoms with Crippen molar-refractivity contribution in [3.05, 3.63) is 77.9 Å². The van der Waals surface area contributed by atoms with Crippen molar-refractivity contribution in [1.82, 2.24) is 9.80 Å². The molecule has 0 saturated carbocycles. The minimum Gasteiger partial charge on any atom is -0.497 e. The molecular weight excluding hydrogens is 418 g/mol. The number of fused-ring (bicyclic) bond motifs is 2. The zero-order valence-electron chi connectivity index (χ0n) is 18.7. The second kappa shape index (κ2) is 8.86. The smallest absolute Gasteiger partial charge is 0.254 e. The van der Waals surface area contributed by atoms with Crippen LogP contribution in [0, 0.1) is 0 Å². The summed E-state index contributed by atoms with van der Waals surface area (Å²) in [6.45, 7) is 2.51. The number of hydrogen-bond acceptors (Lipinski definition) is 6. The second-order valence-corrected chi connectivity index (χ2v) is 7.88. The Labute approximate surface area is 192 Å². The molecule has 0 spiro atoms. The van der Waals surface area contributed by atoms with Crippen molar-refractivity contribution >= 4 is 17.4 Å². The molecule has 0 atom stereocenters. The third-order valence-electron chi connectivity index (χ3n) is 5.90. The lowest BCUT2D eigenvalue weighted by Gasteiger charge is -2.36. The van der Waals surface area contributed by atoms with E-state index < -0.39 is 0 Å². The van der Waals surface area contributed by atoms with Crippen molar-refractivity contribution in [2.75, 3.05) is 40.4 Å². The zero-order valence-corrected chi connectivity index (χ0v) is 18.7. The van der Waals surface area contributed by atoms with E-state index in [-0.39, 0.29) is 5.91 Å². The summed E-state index contributed by atoms with van der Waals surface area (Å²) in [7, 11) is 3.16. The summed E-state index contributed by atoms with van der Waals surface area (Å²) >= 11 is 0. The van der Waals surface area contributed by atoms with Gasteiger partial charge in [-0.05, 0) is 36.4 Å². The number of amidine groups is 1. The van der Waals surface area contributed by atoms with E-state index in [0.29, 0.717) is 43.2 Å². The number of nitrogens with zero attached hydrogens (tertiary/aromatic N) is 3. The predicted molar refractivity (Wildman–Crippen MR) is 126 cm³/mol. The van der Waals surface area contributed by atoms with Gasteiger partial charge in [-0.1, -0.05) is 24.3 Å². The summed E-state index contributed by atoms with van der Waals surface area (Å²) in [5.41, 5.74) is 2.30. The first kappa shape index (κ1) is 20.9. The Morgan fingerprint density at radius 1 is 0.848 bits per heavy atom. The number of hydrogen-bond donors (Lipinski definition) is 0. The highest BCUT2D eigenvalue weighted by atomic mass is 16.5. The first-order valence-corrected chi connectivity index (χ1v) is 10.9. The third kappa shape index (κ3) is 4.09. The van der Waals surface area contributed by atoms with Crippen LogP contribution in [-0.2, 0) is 0 Å². The molecule has 0 aliphatic carbocycles. The van der Waals surface area contributed by atoms with Gasteiger partial charge >= 0.3 is 0 Å². The molecule has 2 aliphatic heterocycles. The van der Waals surface area contributed by atoms with Crippen LogP contribution in [-0.4, -0.2) is 61.9 Å². The summed E-state index contributed by atoms with van der Waals surface area (Å²) in [6, 6.07) is 21.0. The first-order chi connectivity index (χ1) is 16.2. The van der Waals surface area contributed by atoms with Gasteiger partial charge in [-0.3, -0.25) is 4.79 Å².